The van der Waals surface area contributed by atoms with E-state index in [1.807, 2.05) is 48.7 Å². The maximum Gasteiger partial charge on any atom is 0.273 e. The summed E-state index contributed by atoms with van der Waals surface area (Å²) in [6.45, 7) is 0.0409. The van der Waals surface area contributed by atoms with Crippen molar-refractivity contribution in [2.24, 2.45) is 0 Å². The zero-order valence-corrected chi connectivity index (χ0v) is 22.8. The third-order valence-electron chi connectivity index (χ3n) is 8.35. The zero-order chi connectivity index (χ0) is 26.8. The summed E-state index contributed by atoms with van der Waals surface area (Å²) in [5, 5.41) is 0.729. The highest BCUT2D eigenvalue weighted by molar-refractivity contribution is 6.30. The van der Waals surface area contributed by atoms with E-state index in [9.17, 15) is 9.59 Å². The SMILES string of the molecule is O=C(CCc1cnc2c(c1)CCC2)Cn1c(-c2ccccc2)cnc(CCC2(c3ccc(Cl)cc3)CC2)c1=O. The normalized spacial score (nSPS) is 15.2. The molecule has 1 saturated carbocycles. The van der Waals surface area contributed by atoms with Crippen LogP contribution < -0.4 is 5.56 Å². The molecule has 0 amide bonds. The number of ketones is 1. The Morgan fingerprint density at radius 1 is 0.949 bits per heavy atom. The largest absolute Gasteiger partial charge is 0.298 e. The fourth-order valence-electron chi connectivity index (χ4n) is 5.84. The molecule has 0 N–H and O–H groups in total. The van der Waals surface area contributed by atoms with Crippen molar-refractivity contribution in [3.63, 3.8) is 0 Å². The highest BCUT2D eigenvalue weighted by Crippen LogP contribution is 2.51. The predicted octanol–water partition coefficient (Wildman–Crippen LogP) is 6.31. The van der Waals surface area contributed by atoms with Crippen LogP contribution in [0.5, 0.6) is 0 Å². The number of rotatable bonds is 10. The molecule has 6 heteroatoms. The number of benzene rings is 2. The molecule has 0 unspecified atom stereocenters. The summed E-state index contributed by atoms with van der Waals surface area (Å²) in [6.07, 6.45) is 11.6. The van der Waals surface area contributed by atoms with Crippen molar-refractivity contribution < 1.29 is 4.79 Å². The van der Waals surface area contributed by atoms with Gasteiger partial charge in [-0.3, -0.25) is 24.1 Å². The van der Waals surface area contributed by atoms with Gasteiger partial charge in [0.25, 0.3) is 5.56 Å². The lowest BCUT2D eigenvalue weighted by Crippen LogP contribution is -2.30. The molecule has 1 fully saturated rings. The number of fused-ring (bicyclic) bond motifs is 1. The molecule has 0 saturated heterocycles. The number of carbonyl (C=O) groups excluding carboxylic acids is 1. The van der Waals surface area contributed by atoms with Crippen LogP contribution in [-0.2, 0) is 42.4 Å². The Labute approximate surface area is 233 Å². The fourth-order valence-corrected chi connectivity index (χ4v) is 5.97. The van der Waals surface area contributed by atoms with Gasteiger partial charge in [-0.1, -0.05) is 60.1 Å². The summed E-state index contributed by atoms with van der Waals surface area (Å²) < 4.78 is 1.63. The van der Waals surface area contributed by atoms with Crippen molar-refractivity contribution >= 4 is 17.4 Å². The van der Waals surface area contributed by atoms with Gasteiger partial charge < -0.3 is 0 Å². The lowest BCUT2D eigenvalue weighted by atomic mass is 9.90. The Kier molecular flexibility index (Phi) is 7.18. The molecule has 0 radical (unpaired) electrons. The minimum atomic E-state index is -0.171. The van der Waals surface area contributed by atoms with Crippen molar-refractivity contribution in [1.29, 1.82) is 0 Å². The van der Waals surface area contributed by atoms with E-state index in [-0.39, 0.29) is 23.3 Å². The Morgan fingerprint density at radius 3 is 2.51 bits per heavy atom. The van der Waals surface area contributed by atoms with E-state index in [2.05, 4.69) is 28.2 Å². The van der Waals surface area contributed by atoms with E-state index in [1.165, 1.54) is 16.8 Å². The molecule has 198 valence electrons. The van der Waals surface area contributed by atoms with Crippen LogP contribution in [0.4, 0.5) is 0 Å². The van der Waals surface area contributed by atoms with E-state index in [1.54, 1.807) is 10.8 Å². The average molecular weight is 538 g/mol. The average Bonchev–Trinajstić information content (AvgIpc) is 3.60. The Bertz CT molecular complexity index is 1560. The molecule has 0 spiro atoms. The molecule has 0 atom stereocenters. The molecular weight excluding hydrogens is 506 g/mol. The molecule has 4 aromatic rings. The van der Waals surface area contributed by atoms with E-state index >= 15 is 0 Å². The van der Waals surface area contributed by atoms with E-state index in [4.69, 9.17) is 11.6 Å². The van der Waals surface area contributed by atoms with Crippen molar-refractivity contribution in [2.45, 2.75) is 69.7 Å². The van der Waals surface area contributed by atoms with Gasteiger partial charge in [0, 0.05) is 23.3 Å². The van der Waals surface area contributed by atoms with Crippen molar-refractivity contribution in [3.05, 3.63) is 117 Å². The number of halogens is 1. The second-order valence-corrected chi connectivity index (χ2v) is 11.4. The zero-order valence-electron chi connectivity index (χ0n) is 22.0. The van der Waals surface area contributed by atoms with Crippen molar-refractivity contribution in [2.75, 3.05) is 0 Å². The lowest BCUT2D eigenvalue weighted by molar-refractivity contribution is -0.119. The number of aromatic nitrogens is 3. The number of aryl methyl sites for hydroxylation is 4. The van der Waals surface area contributed by atoms with Gasteiger partial charge in [-0.15, -0.1) is 0 Å². The van der Waals surface area contributed by atoms with Crippen LogP contribution in [0.25, 0.3) is 11.3 Å². The number of carbonyl (C=O) groups is 1. The van der Waals surface area contributed by atoms with Crippen LogP contribution in [0.1, 0.15) is 60.2 Å². The fraction of sp³-hybridized carbons (Fsp3) is 0.333. The number of pyridine rings is 1. The molecule has 2 heterocycles. The van der Waals surface area contributed by atoms with Crippen LogP contribution >= 0.6 is 11.6 Å². The third-order valence-corrected chi connectivity index (χ3v) is 8.60. The van der Waals surface area contributed by atoms with Gasteiger partial charge >= 0.3 is 0 Å². The Morgan fingerprint density at radius 2 is 1.74 bits per heavy atom. The first-order valence-electron chi connectivity index (χ1n) is 13.9. The van der Waals surface area contributed by atoms with Gasteiger partial charge in [0.05, 0.1) is 18.4 Å². The second-order valence-electron chi connectivity index (χ2n) is 11.0. The molecule has 0 aliphatic heterocycles. The van der Waals surface area contributed by atoms with Gasteiger partial charge in [0.2, 0.25) is 0 Å². The van der Waals surface area contributed by atoms with Crippen molar-refractivity contribution in [1.82, 2.24) is 14.5 Å². The number of hydrogen-bond donors (Lipinski definition) is 0. The summed E-state index contributed by atoms with van der Waals surface area (Å²) in [5.41, 5.74) is 6.85. The van der Waals surface area contributed by atoms with E-state index < -0.39 is 0 Å². The quantitative estimate of drug-likeness (QED) is 0.238. The first kappa shape index (κ1) is 25.7. The molecule has 2 aliphatic carbocycles. The smallest absolute Gasteiger partial charge is 0.273 e. The molecule has 2 aliphatic rings. The molecule has 6 rings (SSSR count). The first-order valence-corrected chi connectivity index (χ1v) is 14.3. The van der Waals surface area contributed by atoms with Crippen LogP contribution in [-0.4, -0.2) is 20.3 Å². The number of Topliss-reactive ketones (excluding diaryl/α,β-unsaturated/α-hetero) is 1. The van der Waals surface area contributed by atoms with Gasteiger partial charge in [-0.25, -0.2) is 0 Å². The van der Waals surface area contributed by atoms with Gasteiger partial charge in [0.15, 0.2) is 5.78 Å². The highest BCUT2D eigenvalue weighted by atomic mass is 35.5. The molecule has 2 aromatic carbocycles. The maximum absolute atomic E-state index is 13.7. The van der Waals surface area contributed by atoms with Crippen LogP contribution in [0.15, 0.2) is 77.9 Å². The molecule has 0 bridgehead atoms. The standard InChI is InChI=1S/C33H32ClN3O2/c34-27-12-10-26(11-13-27)33(17-18-33)16-15-30-32(39)37(31(21-36-30)24-5-2-1-3-6-24)22-28(38)14-9-23-19-25-7-4-8-29(25)35-20-23/h1-3,5-6,10-13,19-21H,4,7-9,14-18,22H2. The lowest BCUT2D eigenvalue weighted by Gasteiger charge is -2.17. The first-order chi connectivity index (χ1) is 19.0. The highest BCUT2D eigenvalue weighted by Gasteiger charge is 2.43. The Hall–Kier alpha value is -3.57. The minimum absolute atomic E-state index is 0.0340. The molecular formula is C33H32ClN3O2. The predicted molar refractivity (Wildman–Crippen MR) is 154 cm³/mol. The van der Waals surface area contributed by atoms with Gasteiger partial charge in [0.1, 0.15) is 5.69 Å². The third kappa shape index (κ3) is 5.60. The summed E-state index contributed by atoms with van der Waals surface area (Å²) in [7, 11) is 0. The van der Waals surface area contributed by atoms with E-state index in [0.29, 0.717) is 30.7 Å². The summed E-state index contributed by atoms with van der Waals surface area (Å²) in [4.78, 5) is 36.1. The summed E-state index contributed by atoms with van der Waals surface area (Å²) in [6, 6.07) is 20.0. The van der Waals surface area contributed by atoms with Crippen molar-refractivity contribution in [3.8, 4) is 11.3 Å². The van der Waals surface area contributed by atoms with Crippen LogP contribution in [0, 0.1) is 0 Å². The van der Waals surface area contributed by atoms with Gasteiger partial charge in [-0.05, 0) is 91.2 Å². The topological polar surface area (TPSA) is 64.8 Å². The molecule has 5 nitrogen and oxygen atoms in total. The minimum Gasteiger partial charge on any atom is -0.298 e. The number of hydrogen-bond acceptors (Lipinski definition) is 4. The number of nitrogens with zero attached hydrogens (tertiary/aromatic N) is 3. The maximum atomic E-state index is 13.7. The second kappa shape index (κ2) is 10.9. The Balaban J connectivity index is 1.21. The molecule has 39 heavy (non-hydrogen) atoms. The summed E-state index contributed by atoms with van der Waals surface area (Å²) >= 11 is 6.09. The van der Waals surface area contributed by atoms with Gasteiger partial charge in [-0.2, -0.15) is 0 Å². The van der Waals surface area contributed by atoms with Crippen LogP contribution in [0.2, 0.25) is 5.02 Å². The van der Waals surface area contributed by atoms with Crippen LogP contribution in [0.3, 0.4) is 0 Å². The summed E-state index contributed by atoms with van der Waals surface area (Å²) in [5.74, 6) is 0.0340. The molecule has 2 aromatic heterocycles. The monoisotopic (exact) mass is 537 g/mol. The van der Waals surface area contributed by atoms with E-state index in [0.717, 1.165) is 54.7 Å².